The van der Waals surface area contributed by atoms with Crippen molar-refractivity contribution < 1.29 is 0 Å². The lowest BCUT2D eigenvalue weighted by atomic mass is 10.3. The van der Waals surface area contributed by atoms with E-state index in [-0.39, 0.29) is 0 Å². The molecule has 1 aromatic rings. The molecule has 3 heteroatoms. The topological polar surface area (TPSA) is 24.9 Å². The van der Waals surface area contributed by atoms with E-state index in [2.05, 4.69) is 24.1 Å². The molecule has 1 heterocycles. The first kappa shape index (κ1) is 9.68. The molecule has 1 N–H and O–H groups in total. The molecule has 0 aliphatic heterocycles. The first-order valence-electron chi connectivity index (χ1n) is 4.39. The van der Waals surface area contributed by atoms with Crippen LogP contribution in [0.4, 0.5) is 0 Å². The zero-order valence-corrected chi connectivity index (χ0v) is 8.74. The summed E-state index contributed by atoms with van der Waals surface area (Å²) >= 11 is 1.82. The number of nitrogens with one attached hydrogen (secondary N) is 1. The van der Waals surface area contributed by atoms with E-state index in [0.29, 0.717) is 6.04 Å². The zero-order valence-electron chi connectivity index (χ0n) is 7.92. The van der Waals surface area contributed by atoms with Crippen LogP contribution in [-0.2, 0) is 6.42 Å². The Morgan fingerprint density at radius 3 is 3.00 bits per heavy atom. The highest BCUT2D eigenvalue weighted by Gasteiger charge is 2.06. The summed E-state index contributed by atoms with van der Waals surface area (Å²) in [6, 6.07) is 0.438. The van der Waals surface area contributed by atoms with Gasteiger partial charge in [0.05, 0.1) is 5.01 Å². The SMILES string of the molecule is CCCc1ncc(C(C)NC)s1. The van der Waals surface area contributed by atoms with Crippen LogP contribution in [0.15, 0.2) is 6.20 Å². The molecule has 68 valence electrons. The van der Waals surface area contributed by atoms with Crippen LogP contribution in [0.5, 0.6) is 0 Å². The number of aromatic nitrogens is 1. The van der Waals surface area contributed by atoms with Crippen molar-refractivity contribution in [2.45, 2.75) is 32.7 Å². The predicted octanol–water partition coefficient (Wildman–Crippen LogP) is 2.38. The summed E-state index contributed by atoms with van der Waals surface area (Å²) in [6.07, 6.45) is 4.28. The number of aryl methyl sites for hydroxylation is 1. The second-order valence-electron chi connectivity index (χ2n) is 2.92. The van der Waals surface area contributed by atoms with Crippen LogP contribution in [0.1, 0.15) is 36.2 Å². The molecule has 0 saturated carbocycles. The van der Waals surface area contributed by atoms with Crippen LogP contribution in [0.3, 0.4) is 0 Å². The zero-order chi connectivity index (χ0) is 8.97. The van der Waals surface area contributed by atoms with Crippen molar-refractivity contribution in [1.82, 2.24) is 10.3 Å². The molecule has 0 bridgehead atoms. The number of nitrogens with zero attached hydrogens (tertiary/aromatic N) is 1. The van der Waals surface area contributed by atoms with Crippen molar-refractivity contribution in [3.05, 3.63) is 16.1 Å². The smallest absolute Gasteiger partial charge is 0.0928 e. The predicted molar refractivity (Wildman–Crippen MR) is 53.6 cm³/mol. The molecule has 1 aromatic heterocycles. The molecule has 0 aliphatic carbocycles. The Kier molecular flexibility index (Phi) is 3.69. The first-order valence-corrected chi connectivity index (χ1v) is 5.21. The fourth-order valence-electron chi connectivity index (χ4n) is 0.996. The van der Waals surface area contributed by atoms with Crippen LogP contribution < -0.4 is 5.32 Å². The van der Waals surface area contributed by atoms with Crippen LogP contribution in [-0.4, -0.2) is 12.0 Å². The van der Waals surface area contributed by atoms with Crippen LogP contribution >= 0.6 is 11.3 Å². The van der Waals surface area contributed by atoms with Crippen molar-refractivity contribution >= 4 is 11.3 Å². The molecule has 0 fully saturated rings. The minimum absolute atomic E-state index is 0.438. The lowest BCUT2D eigenvalue weighted by Gasteiger charge is -2.04. The molecule has 1 rings (SSSR count). The molecule has 1 atom stereocenters. The molecular formula is C9H16N2S. The van der Waals surface area contributed by atoms with E-state index in [0.717, 1.165) is 6.42 Å². The van der Waals surface area contributed by atoms with E-state index in [9.17, 15) is 0 Å². The lowest BCUT2D eigenvalue weighted by Crippen LogP contribution is -2.10. The van der Waals surface area contributed by atoms with Gasteiger partial charge in [0.15, 0.2) is 0 Å². The lowest BCUT2D eigenvalue weighted by molar-refractivity contribution is 0.662. The van der Waals surface area contributed by atoms with Gasteiger partial charge in [-0.15, -0.1) is 11.3 Å². The Bertz CT molecular complexity index is 232. The summed E-state index contributed by atoms with van der Waals surface area (Å²) < 4.78 is 0. The number of rotatable bonds is 4. The van der Waals surface area contributed by atoms with E-state index >= 15 is 0 Å². The average Bonchev–Trinajstić information content (AvgIpc) is 2.52. The van der Waals surface area contributed by atoms with Gasteiger partial charge >= 0.3 is 0 Å². The van der Waals surface area contributed by atoms with Gasteiger partial charge in [0, 0.05) is 17.1 Å². The van der Waals surface area contributed by atoms with E-state index in [1.54, 1.807) is 0 Å². The summed E-state index contributed by atoms with van der Waals surface area (Å²) in [5.74, 6) is 0. The van der Waals surface area contributed by atoms with Gasteiger partial charge < -0.3 is 5.32 Å². The summed E-state index contributed by atoms with van der Waals surface area (Å²) in [5.41, 5.74) is 0. The number of hydrogen-bond acceptors (Lipinski definition) is 3. The van der Waals surface area contributed by atoms with Gasteiger partial charge in [0.2, 0.25) is 0 Å². The summed E-state index contributed by atoms with van der Waals surface area (Å²) in [5, 5.41) is 4.47. The third kappa shape index (κ3) is 2.29. The van der Waals surface area contributed by atoms with Crippen molar-refractivity contribution in [2.24, 2.45) is 0 Å². The van der Waals surface area contributed by atoms with Gasteiger partial charge in [-0.05, 0) is 26.8 Å². The molecule has 2 nitrogen and oxygen atoms in total. The van der Waals surface area contributed by atoms with Crippen molar-refractivity contribution in [2.75, 3.05) is 7.05 Å². The number of hydrogen-bond donors (Lipinski definition) is 1. The van der Waals surface area contributed by atoms with E-state index in [1.807, 2.05) is 24.6 Å². The average molecular weight is 184 g/mol. The Morgan fingerprint density at radius 2 is 2.42 bits per heavy atom. The van der Waals surface area contributed by atoms with E-state index in [1.165, 1.54) is 16.3 Å². The third-order valence-electron chi connectivity index (χ3n) is 1.90. The highest BCUT2D eigenvalue weighted by atomic mass is 32.1. The van der Waals surface area contributed by atoms with Gasteiger partial charge in [0.25, 0.3) is 0 Å². The molecule has 0 radical (unpaired) electrons. The molecule has 0 saturated heterocycles. The fourth-order valence-corrected chi connectivity index (χ4v) is 2.08. The number of thiazole rings is 1. The monoisotopic (exact) mass is 184 g/mol. The maximum atomic E-state index is 4.35. The normalized spacial score (nSPS) is 13.2. The Labute approximate surface area is 78.0 Å². The van der Waals surface area contributed by atoms with Crippen LogP contribution in [0, 0.1) is 0 Å². The minimum atomic E-state index is 0.438. The summed E-state index contributed by atoms with van der Waals surface area (Å²) in [6.45, 7) is 4.34. The van der Waals surface area contributed by atoms with Gasteiger partial charge in [-0.3, -0.25) is 0 Å². The highest BCUT2D eigenvalue weighted by molar-refractivity contribution is 7.11. The second-order valence-corrected chi connectivity index (χ2v) is 4.06. The molecule has 0 aromatic carbocycles. The maximum absolute atomic E-state index is 4.35. The van der Waals surface area contributed by atoms with Crippen LogP contribution in [0.2, 0.25) is 0 Å². The summed E-state index contributed by atoms with van der Waals surface area (Å²) in [7, 11) is 1.98. The van der Waals surface area contributed by atoms with Crippen LogP contribution in [0.25, 0.3) is 0 Å². The van der Waals surface area contributed by atoms with E-state index < -0.39 is 0 Å². The Morgan fingerprint density at radius 1 is 1.67 bits per heavy atom. The van der Waals surface area contributed by atoms with Gasteiger partial charge in [-0.25, -0.2) is 4.98 Å². The maximum Gasteiger partial charge on any atom is 0.0928 e. The molecular weight excluding hydrogens is 168 g/mol. The molecule has 12 heavy (non-hydrogen) atoms. The van der Waals surface area contributed by atoms with Crippen molar-refractivity contribution in [3.8, 4) is 0 Å². The molecule has 0 amide bonds. The van der Waals surface area contributed by atoms with E-state index in [4.69, 9.17) is 0 Å². The minimum Gasteiger partial charge on any atom is -0.312 e. The fraction of sp³-hybridized carbons (Fsp3) is 0.667. The molecule has 0 aliphatic rings. The Hall–Kier alpha value is -0.410. The second kappa shape index (κ2) is 4.58. The largest absolute Gasteiger partial charge is 0.312 e. The Balaban J connectivity index is 2.63. The van der Waals surface area contributed by atoms with Gasteiger partial charge in [-0.2, -0.15) is 0 Å². The van der Waals surface area contributed by atoms with Crippen molar-refractivity contribution in [3.63, 3.8) is 0 Å². The van der Waals surface area contributed by atoms with Crippen molar-refractivity contribution in [1.29, 1.82) is 0 Å². The molecule has 1 unspecified atom stereocenters. The van der Waals surface area contributed by atoms with Gasteiger partial charge in [-0.1, -0.05) is 6.92 Å². The quantitative estimate of drug-likeness (QED) is 0.777. The molecule has 0 spiro atoms. The van der Waals surface area contributed by atoms with Gasteiger partial charge in [0.1, 0.15) is 0 Å². The first-order chi connectivity index (χ1) is 5.77. The summed E-state index contributed by atoms with van der Waals surface area (Å²) in [4.78, 5) is 5.69. The standard InChI is InChI=1S/C9H16N2S/c1-4-5-9-11-6-8(12-9)7(2)10-3/h6-7,10H,4-5H2,1-3H3. The third-order valence-corrected chi connectivity index (χ3v) is 3.13. The highest BCUT2D eigenvalue weighted by Crippen LogP contribution is 2.20.